The van der Waals surface area contributed by atoms with Crippen molar-refractivity contribution in [3.63, 3.8) is 0 Å². The van der Waals surface area contributed by atoms with Crippen molar-refractivity contribution in [2.45, 2.75) is 32.1 Å². The van der Waals surface area contributed by atoms with Crippen LogP contribution in [0.4, 0.5) is 0 Å². The van der Waals surface area contributed by atoms with E-state index in [1.165, 1.54) is 0 Å². The molecule has 128 valence electrons. The SMILES string of the molecule is N=C(N)NC(=N)NC(=O)CCCCCC(=O)NC(=N)NC(=N)N. The predicted molar refractivity (Wildman–Crippen MR) is 84.9 cm³/mol. The van der Waals surface area contributed by atoms with Crippen molar-refractivity contribution in [3.8, 4) is 0 Å². The number of guanidine groups is 4. The molecule has 0 spiro atoms. The van der Waals surface area contributed by atoms with E-state index in [2.05, 4.69) is 21.3 Å². The monoisotopic (exact) mass is 326 g/mol. The Labute approximate surface area is 132 Å². The van der Waals surface area contributed by atoms with Gasteiger partial charge in [-0.1, -0.05) is 6.42 Å². The third kappa shape index (κ3) is 12.3. The highest BCUT2D eigenvalue weighted by atomic mass is 16.2. The topological polar surface area (TPSA) is 230 Å². The van der Waals surface area contributed by atoms with Gasteiger partial charge in [0.25, 0.3) is 0 Å². The summed E-state index contributed by atoms with van der Waals surface area (Å²) >= 11 is 0. The largest absolute Gasteiger partial charge is 0.370 e. The average molecular weight is 326 g/mol. The van der Waals surface area contributed by atoms with Crippen LogP contribution in [-0.2, 0) is 9.59 Å². The zero-order valence-electron chi connectivity index (χ0n) is 12.5. The Morgan fingerprint density at radius 1 is 0.652 bits per heavy atom. The Kier molecular flexibility index (Phi) is 9.08. The molecule has 12 nitrogen and oxygen atoms in total. The number of carbonyl (C=O) groups excluding carboxylic acids is 2. The van der Waals surface area contributed by atoms with E-state index in [9.17, 15) is 9.59 Å². The molecular weight excluding hydrogens is 304 g/mol. The molecule has 12 N–H and O–H groups in total. The summed E-state index contributed by atoms with van der Waals surface area (Å²) in [5, 5.41) is 37.0. The van der Waals surface area contributed by atoms with Gasteiger partial charge in [-0.2, -0.15) is 0 Å². The van der Waals surface area contributed by atoms with E-state index in [0.717, 1.165) is 0 Å². The van der Waals surface area contributed by atoms with E-state index in [0.29, 0.717) is 19.3 Å². The summed E-state index contributed by atoms with van der Waals surface area (Å²) < 4.78 is 0. The molecule has 0 aromatic heterocycles. The second-order valence-electron chi connectivity index (χ2n) is 4.48. The van der Waals surface area contributed by atoms with E-state index in [1.54, 1.807) is 0 Å². The Hall–Kier alpha value is -3.18. The molecule has 0 aromatic rings. The summed E-state index contributed by atoms with van der Waals surface area (Å²) in [6.45, 7) is 0. The van der Waals surface area contributed by atoms with Gasteiger partial charge in [0.05, 0.1) is 0 Å². The molecule has 12 heteroatoms. The lowest BCUT2D eigenvalue weighted by molar-refractivity contribution is -0.120. The second-order valence-corrected chi connectivity index (χ2v) is 4.48. The van der Waals surface area contributed by atoms with Crippen molar-refractivity contribution in [2.24, 2.45) is 11.5 Å². The van der Waals surface area contributed by atoms with Crippen molar-refractivity contribution < 1.29 is 9.59 Å². The van der Waals surface area contributed by atoms with Gasteiger partial charge in [-0.25, -0.2) is 0 Å². The Morgan fingerprint density at radius 2 is 1.00 bits per heavy atom. The van der Waals surface area contributed by atoms with Crippen molar-refractivity contribution in [1.82, 2.24) is 21.3 Å². The Bertz CT molecular complexity index is 457. The fourth-order valence-electron chi connectivity index (χ4n) is 1.48. The first-order valence-corrected chi connectivity index (χ1v) is 6.69. The lowest BCUT2D eigenvalue weighted by Gasteiger charge is -2.08. The van der Waals surface area contributed by atoms with Crippen molar-refractivity contribution in [2.75, 3.05) is 0 Å². The van der Waals surface area contributed by atoms with E-state index < -0.39 is 11.9 Å². The molecule has 0 unspecified atom stereocenters. The summed E-state index contributed by atoms with van der Waals surface area (Å²) in [4.78, 5) is 22.9. The van der Waals surface area contributed by atoms with Gasteiger partial charge in [-0.15, -0.1) is 0 Å². The van der Waals surface area contributed by atoms with Crippen molar-refractivity contribution >= 4 is 35.7 Å². The molecule has 0 aromatic carbocycles. The highest BCUT2D eigenvalue weighted by Gasteiger charge is 2.07. The van der Waals surface area contributed by atoms with Crippen LogP contribution in [-0.4, -0.2) is 35.7 Å². The molecule has 0 bridgehead atoms. The van der Waals surface area contributed by atoms with Crippen LogP contribution < -0.4 is 32.7 Å². The molecule has 0 heterocycles. The molecule has 0 saturated carbocycles. The highest BCUT2D eigenvalue weighted by molar-refractivity contribution is 6.03. The van der Waals surface area contributed by atoms with Gasteiger partial charge in [0.15, 0.2) is 11.9 Å². The number of unbranched alkanes of at least 4 members (excludes halogenated alkanes) is 2. The van der Waals surface area contributed by atoms with Crippen LogP contribution in [0.15, 0.2) is 0 Å². The molecular formula is C11H22N10O2. The maximum Gasteiger partial charge on any atom is 0.226 e. The molecule has 0 radical (unpaired) electrons. The number of nitrogens with one attached hydrogen (secondary N) is 8. The van der Waals surface area contributed by atoms with E-state index >= 15 is 0 Å². The van der Waals surface area contributed by atoms with E-state index in [1.807, 2.05) is 0 Å². The molecule has 0 fully saturated rings. The fraction of sp³-hybridized carbons (Fsp3) is 0.455. The maximum atomic E-state index is 11.4. The van der Waals surface area contributed by atoms with Crippen molar-refractivity contribution in [3.05, 3.63) is 0 Å². The van der Waals surface area contributed by atoms with Crippen LogP contribution >= 0.6 is 0 Å². The van der Waals surface area contributed by atoms with Gasteiger partial charge in [-0.3, -0.25) is 52.5 Å². The molecule has 0 aliphatic heterocycles. The van der Waals surface area contributed by atoms with Crippen LogP contribution in [0, 0.1) is 21.6 Å². The predicted octanol–water partition coefficient (Wildman–Crippen LogP) is -2.00. The van der Waals surface area contributed by atoms with Crippen LogP contribution in [0.5, 0.6) is 0 Å². The molecule has 0 rings (SSSR count). The highest BCUT2D eigenvalue weighted by Crippen LogP contribution is 2.02. The molecule has 2 amide bonds. The first-order valence-electron chi connectivity index (χ1n) is 6.69. The molecule has 0 atom stereocenters. The normalized spacial score (nSPS) is 9.39. The van der Waals surface area contributed by atoms with Crippen LogP contribution in [0.3, 0.4) is 0 Å². The quantitative estimate of drug-likeness (QED) is 0.150. The maximum absolute atomic E-state index is 11.4. The minimum absolute atomic E-state index is 0.172. The Morgan fingerprint density at radius 3 is 1.30 bits per heavy atom. The summed E-state index contributed by atoms with van der Waals surface area (Å²) in [5.41, 5.74) is 10.0. The minimum Gasteiger partial charge on any atom is -0.370 e. The van der Waals surface area contributed by atoms with Gasteiger partial charge in [0.2, 0.25) is 23.7 Å². The summed E-state index contributed by atoms with van der Waals surface area (Å²) in [5.74, 6) is -2.38. The van der Waals surface area contributed by atoms with Gasteiger partial charge < -0.3 is 11.5 Å². The number of hydrogen-bond donors (Lipinski definition) is 10. The number of nitrogens with two attached hydrogens (primary N) is 2. The summed E-state index contributed by atoms with van der Waals surface area (Å²) in [6.07, 6.45) is 2.00. The second kappa shape index (κ2) is 10.5. The van der Waals surface area contributed by atoms with Gasteiger partial charge in [0, 0.05) is 12.8 Å². The third-order valence-corrected chi connectivity index (χ3v) is 2.36. The van der Waals surface area contributed by atoms with Gasteiger partial charge >= 0.3 is 0 Å². The summed E-state index contributed by atoms with van der Waals surface area (Å²) in [6, 6.07) is 0. The standard InChI is InChI=1S/C11H22N10O2/c12-8(13)20-10(16)18-6(22)4-2-1-3-5-7(23)19-11(17)21-9(14)15/h1-5H2,(H6,12,13,16,18,20,22)(H6,14,15,17,19,21,23). The molecule has 0 aliphatic rings. The Balaban J connectivity index is 3.72. The van der Waals surface area contributed by atoms with Gasteiger partial charge in [0.1, 0.15) is 0 Å². The molecule has 0 saturated heterocycles. The van der Waals surface area contributed by atoms with Crippen molar-refractivity contribution in [1.29, 1.82) is 21.6 Å². The lowest BCUT2D eigenvalue weighted by Crippen LogP contribution is -2.45. The summed E-state index contributed by atoms with van der Waals surface area (Å²) in [7, 11) is 0. The average Bonchev–Trinajstić information content (AvgIpc) is 2.35. The zero-order valence-corrected chi connectivity index (χ0v) is 12.5. The van der Waals surface area contributed by atoms with Crippen LogP contribution in [0.25, 0.3) is 0 Å². The first kappa shape index (κ1) is 19.8. The smallest absolute Gasteiger partial charge is 0.226 e. The van der Waals surface area contributed by atoms with E-state index in [4.69, 9.17) is 33.1 Å². The lowest BCUT2D eigenvalue weighted by atomic mass is 10.1. The van der Waals surface area contributed by atoms with Gasteiger partial charge in [-0.05, 0) is 12.8 Å². The third-order valence-electron chi connectivity index (χ3n) is 2.36. The first-order chi connectivity index (χ1) is 10.7. The van der Waals surface area contributed by atoms with Crippen LogP contribution in [0.2, 0.25) is 0 Å². The fourth-order valence-corrected chi connectivity index (χ4v) is 1.48. The zero-order chi connectivity index (χ0) is 17.8. The number of hydrogen-bond acceptors (Lipinski definition) is 6. The number of carbonyl (C=O) groups is 2. The number of rotatable bonds is 6. The van der Waals surface area contributed by atoms with Crippen LogP contribution in [0.1, 0.15) is 32.1 Å². The number of amides is 2. The minimum atomic E-state index is -0.439. The molecule has 0 aliphatic carbocycles. The molecule has 23 heavy (non-hydrogen) atoms. The van der Waals surface area contributed by atoms with E-state index in [-0.39, 0.29) is 36.6 Å².